The number of fused-ring (bicyclic) bond motifs is 1. The van der Waals surface area contributed by atoms with Gasteiger partial charge >= 0.3 is 5.97 Å². The van der Waals surface area contributed by atoms with Gasteiger partial charge in [0.05, 0.1) is 5.69 Å². The summed E-state index contributed by atoms with van der Waals surface area (Å²) in [5, 5.41) is 8.81. The second-order valence-corrected chi connectivity index (χ2v) is 5.91. The van der Waals surface area contributed by atoms with Gasteiger partial charge in [0.1, 0.15) is 15.7 Å². The number of carboxylic acids is 1. The third-order valence-electron chi connectivity index (χ3n) is 3.04. The SMILES string of the molecule is O=C(O)c1cn2c(=O)c(Cl)c(C=Cc3ccccc3F)nc2s1. The number of hydrogen-bond acceptors (Lipinski definition) is 4. The summed E-state index contributed by atoms with van der Waals surface area (Å²) in [6, 6.07) is 6.12. The number of thiazole rings is 1. The lowest BCUT2D eigenvalue weighted by Gasteiger charge is -1.99. The van der Waals surface area contributed by atoms with Crippen LogP contribution in [0.15, 0.2) is 35.3 Å². The summed E-state index contributed by atoms with van der Waals surface area (Å²) in [5.74, 6) is -1.57. The highest BCUT2D eigenvalue weighted by Crippen LogP contribution is 2.20. The Hall–Kier alpha value is -2.51. The van der Waals surface area contributed by atoms with Crippen molar-refractivity contribution in [3.8, 4) is 0 Å². The monoisotopic (exact) mass is 350 g/mol. The van der Waals surface area contributed by atoms with Crippen molar-refractivity contribution < 1.29 is 14.3 Å². The standard InChI is InChI=1S/C15H8ClFN2O3S/c16-12-10(6-5-8-3-1-2-4-9(8)17)18-15-19(13(12)20)7-11(23-15)14(21)22/h1-7H,(H,21,22). The second kappa shape index (κ2) is 5.94. The lowest BCUT2D eigenvalue weighted by atomic mass is 10.2. The fraction of sp³-hybridized carbons (Fsp3) is 0. The molecule has 2 heterocycles. The van der Waals surface area contributed by atoms with Crippen LogP contribution in [0, 0.1) is 5.82 Å². The number of carbonyl (C=O) groups is 1. The summed E-state index contributed by atoms with van der Waals surface area (Å²) in [4.78, 5) is 27.5. The third kappa shape index (κ3) is 2.88. The Morgan fingerprint density at radius 3 is 2.78 bits per heavy atom. The maximum atomic E-state index is 13.6. The van der Waals surface area contributed by atoms with Crippen LogP contribution in [0.2, 0.25) is 5.02 Å². The van der Waals surface area contributed by atoms with Crippen LogP contribution in [0.25, 0.3) is 17.1 Å². The Morgan fingerprint density at radius 1 is 1.35 bits per heavy atom. The summed E-state index contributed by atoms with van der Waals surface area (Å²) < 4.78 is 14.7. The summed E-state index contributed by atoms with van der Waals surface area (Å²) in [6.45, 7) is 0. The van der Waals surface area contributed by atoms with Crippen molar-refractivity contribution in [1.29, 1.82) is 0 Å². The van der Waals surface area contributed by atoms with Crippen molar-refractivity contribution in [2.45, 2.75) is 0 Å². The van der Waals surface area contributed by atoms with E-state index in [1.54, 1.807) is 18.2 Å². The highest BCUT2D eigenvalue weighted by molar-refractivity contribution is 7.18. The van der Waals surface area contributed by atoms with E-state index in [4.69, 9.17) is 16.7 Å². The first-order chi connectivity index (χ1) is 11.0. The van der Waals surface area contributed by atoms with Gasteiger partial charge in [-0.25, -0.2) is 14.2 Å². The summed E-state index contributed by atoms with van der Waals surface area (Å²) >= 11 is 6.84. The lowest BCUT2D eigenvalue weighted by molar-refractivity contribution is 0.0701. The van der Waals surface area contributed by atoms with E-state index in [-0.39, 0.29) is 20.6 Å². The van der Waals surface area contributed by atoms with E-state index in [0.717, 1.165) is 15.7 Å². The predicted molar refractivity (Wildman–Crippen MR) is 86.6 cm³/mol. The van der Waals surface area contributed by atoms with E-state index < -0.39 is 17.3 Å². The highest BCUT2D eigenvalue weighted by Gasteiger charge is 2.15. The summed E-state index contributed by atoms with van der Waals surface area (Å²) in [7, 11) is 0. The van der Waals surface area contributed by atoms with Gasteiger partial charge in [-0.3, -0.25) is 9.20 Å². The zero-order chi connectivity index (χ0) is 16.6. The Kier molecular flexibility index (Phi) is 3.97. The van der Waals surface area contributed by atoms with Crippen LogP contribution in [0.4, 0.5) is 4.39 Å². The van der Waals surface area contributed by atoms with E-state index in [0.29, 0.717) is 5.56 Å². The number of halogens is 2. The molecule has 0 aliphatic rings. The Balaban J connectivity index is 2.11. The largest absolute Gasteiger partial charge is 0.477 e. The van der Waals surface area contributed by atoms with Gasteiger partial charge in [-0.15, -0.1) is 0 Å². The number of aromatic carboxylic acids is 1. The molecule has 8 heteroatoms. The molecule has 0 unspecified atom stereocenters. The molecule has 0 saturated carbocycles. The molecule has 0 atom stereocenters. The normalized spacial score (nSPS) is 11.4. The van der Waals surface area contributed by atoms with E-state index in [1.807, 2.05) is 0 Å². The summed E-state index contributed by atoms with van der Waals surface area (Å²) in [6.07, 6.45) is 4.04. The highest BCUT2D eigenvalue weighted by atomic mass is 35.5. The molecule has 0 saturated heterocycles. The number of hydrogen-bond donors (Lipinski definition) is 1. The van der Waals surface area contributed by atoms with Gasteiger partial charge in [-0.2, -0.15) is 0 Å². The molecule has 5 nitrogen and oxygen atoms in total. The minimum atomic E-state index is -1.15. The molecule has 0 bridgehead atoms. The first kappa shape index (κ1) is 15.4. The molecule has 0 amide bonds. The van der Waals surface area contributed by atoms with E-state index in [2.05, 4.69) is 4.98 Å². The van der Waals surface area contributed by atoms with Crippen LogP contribution in [0.5, 0.6) is 0 Å². The zero-order valence-corrected chi connectivity index (χ0v) is 12.9. The maximum Gasteiger partial charge on any atom is 0.347 e. The van der Waals surface area contributed by atoms with Gasteiger partial charge in [0, 0.05) is 11.8 Å². The molecule has 116 valence electrons. The molecule has 0 spiro atoms. The molecule has 1 N–H and O–H groups in total. The van der Waals surface area contributed by atoms with Crippen LogP contribution in [0.1, 0.15) is 20.9 Å². The first-order valence-corrected chi connectivity index (χ1v) is 7.54. The van der Waals surface area contributed by atoms with Gasteiger partial charge in [0.25, 0.3) is 5.56 Å². The van der Waals surface area contributed by atoms with Gasteiger partial charge in [0.2, 0.25) is 0 Å². The van der Waals surface area contributed by atoms with Crippen molar-refractivity contribution in [2.75, 3.05) is 0 Å². The number of nitrogens with zero attached hydrogens (tertiary/aromatic N) is 2. The molecule has 0 fully saturated rings. The van der Waals surface area contributed by atoms with Crippen LogP contribution < -0.4 is 5.56 Å². The molecule has 0 radical (unpaired) electrons. The second-order valence-electron chi connectivity index (χ2n) is 4.52. The minimum Gasteiger partial charge on any atom is -0.477 e. The summed E-state index contributed by atoms with van der Waals surface area (Å²) in [5.41, 5.74) is -0.102. The molecule has 1 aromatic carbocycles. The van der Waals surface area contributed by atoms with Gasteiger partial charge < -0.3 is 5.11 Å². The molecule has 23 heavy (non-hydrogen) atoms. The topological polar surface area (TPSA) is 71.7 Å². The van der Waals surface area contributed by atoms with Crippen LogP contribution in [-0.4, -0.2) is 20.5 Å². The van der Waals surface area contributed by atoms with E-state index in [9.17, 15) is 14.0 Å². The quantitative estimate of drug-likeness (QED) is 0.785. The fourth-order valence-corrected chi connectivity index (χ4v) is 2.94. The van der Waals surface area contributed by atoms with E-state index in [1.165, 1.54) is 24.4 Å². The average molecular weight is 351 g/mol. The Bertz CT molecular complexity index is 1010. The minimum absolute atomic E-state index is 0.0269. The first-order valence-electron chi connectivity index (χ1n) is 6.35. The van der Waals surface area contributed by atoms with Crippen molar-refractivity contribution in [3.05, 3.63) is 67.8 Å². The molecular weight excluding hydrogens is 343 g/mol. The van der Waals surface area contributed by atoms with E-state index >= 15 is 0 Å². The van der Waals surface area contributed by atoms with Gasteiger partial charge in [-0.05, 0) is 18.2 Å². The maximum absolute atomic E-state index is 13.6. The van der Waals surface area contributed by atoms with Gasteiger partial charge in [0.15, 0.2) is 4.96 Å². The number of rotatable bonds is 3. The smallest absolute Gasteiger partial charge is 0.347 e. The van der Waals surface area contributed by atoms with Crippen LogP contribution in [-0.2, 0) is 0 Å². The van der Waals surface area contributed by atoms with Gasteiger partial charge in [-0.1, -0.05) is 41.1 Å². The van der Waals surface area contributed by atoms with Crippen molar-refractivity contribution in [1.82, 2.24) is 9.38 Å². The van der Waals surface area contributed by atoms with Crippen LogP contribution >= 0.6 is 22.9 Å². The molecule has 0 aliphatic heterocycles. The molecule has 2 aromatic heterocycles. The van der Waals surface area contributed by atoms with Crippen LogP contribution in [0.3, 0.4) is 0 Å². The number of carboxylic acid groups (broad SMARTS) is 1. The van der Waals surface area contributed by atoms with Crippen molar-refractivity contribution >= 4 is 46.0 Å². The molecule has 0 aliphatic carbocycles. The number of aromatic nitrogens is 2. The Labute approximate surface area is 137 Å². The molecule has 3 aromatic rings. The fourth-order valence-electron chi connectivity index (χ4n) is 1.92. The molecule has 3 rings (SSSR count). The van der Waals surface area contributed by atoms with Crippen molar-refractivity contribution in [3.63, 3.8) is 0 Å². The zero-order valence-electron chi connectivity index (χ0n) is 11.4. The predicted octanol–water partition coefficient (Wildman–Crippen LogP) is 3.42. The lowest BCUT2D eigenvalue weighted by Crippen LogP contribution is -2.14. The number of benzene rings is 1. The molecular formula is C15H8ClFN2O3S. The third-order valence-corrected chi connectivity index (χ3v) is 4.36. The van der Waals surface area contributed by atoms with Crippen molar-refractivity contribution in [2.24, 2.45) is 0 Å². The Morgan fingerprint density at radius 2 is 2.09 bits per heavy atom. The average Bonchev–Trinajstić information content (AvgIpc) is 2.95.